The predicted octanol–water partition coefficient (Wildman–Crippen LogP) is 2.99. The lowest BCUT2D eigenvalue weighted by atomic mass is 10.2. The number of pyridine rings is 2. The maximum absolute atomic E-state index is 4.67. The van der Waals surface area contributed by atoms with Gasteiger partial charge in [-0.05, 0) is 36.6 Å². The minimum atomic E-state index is 0. The van der Waals surface area contributed by atoms with E-state index in [0.717, 1.165) is 35.9 Å². The van der Waals surface area contributed by atoms with Gasteiger partial charge in [-0.2, -0.15) is 0 Å². The molecule has 4 rings (SSSR count). The number of halogens is 1. The zero-order valence-electron chi connectivity index (χ0n) is 17.3. The number of hydrogen-bond acceptors (Lipinski definition) is 5. The summed E-state index contributed by atoms with van der Waals surface area (Å²) >= 11 is 0. The minimum Gasteiger partial charge on any atom is -0.357 e. The quantitative estimate of drug-likeness (QED) is 0.306. The summed E-state index contributed by atoms with van der Waals surface area (Å²) in [7, 11) is 1.76. The van der Waals surface area contributed by atoms with Crippen LogP contribution in [0.5, 0.6) is 0 Å². The first-order valence-electron chi connectivity index (χ1n) is 10.3. The Morgan fingerprint density at radius 2 is 1.80 bits per heavy atom. The van der Waals surface area contributed by atoms with Crippen molar-refractivity contribution in [1.82, 2.24) is 30.2 Å². The number of aromatic nitrogens is 4. The summed E-state index contributed by atoms with van der Waals surface area (Å²) in [5.41, 5.74) is 1.96. The van der Waals surface area contributed by atoms with Gasteiger partial charge in [-0.25, -0.2) is 4.98 Å². The molecule has 4 heterocycles. The van der Waals surface area contributed by atoms with Gasteiger partial charge in [0.15, 0.2) is 17.4 Å². The van der Waals surface area contributed by atoms with Crippen LogP contribution < -0.4 is 15.5 Å². The largest absolute Gasteiger partial charge is 0.357 e. The summed E-state index contributed by atoms with van der Waals surface area (Å²) in [6.07, 6.45) is 9.08. The zero-order valence-corrected chi connectivity index (χ0v) is 19.6. The van der Waals surface area contributed by atoms with Crippen LogP contribution in [0.2, 0.25) is 0 Å². The molecule has 30 heavy (non-hydrogen) atoms. The lowest BCUT2D eigenvalue weighted by Crippen LogP contribution is -2.36. The summed E-state index contributed by atoms with van der Waals surface area (Å²) in [6, 6.07) is 10.1. The van der Waals surface area contributed by atoms with Crippen molar-refractivity contribution in [2.45, 2.75) is 38.8 Å². The van der Waals surface area contributed by atoms with Crippen LogP contribution in [-0.4, -0.2) is 45.7 Å². The van der Waals surface area contributed by atoms with Crippen LogP contribution in [0.3, 0.4) is 0 Å². The smallest absolute Gasteiger partial charge is 0.191 e. The highest BCUT2D eigenvalue weighted by atomic mass is 127. The molecule has 9 heteroatoms. The molecule has 0 bridgehead atoms. The first-order chi connectivity index (χ1) is 14.3. The molecule has 1 aliphatic heterocycles. The number of nitrogens with one attached hydrogen (secondary N) is 2. The summed E-state index contributed by atoms with van der Waals surface area (Å²) in [6.45, 7) is 3.42. The standard InChI is InChI=1S/C21H28N8.HI/c1-22-21(25-16-20-27-26-19-8-4-7-13-29(19)20)24-15-17-9-10-18(23-14-17)28-11-5-2-3-6-12-28;/h4,7-10,13-14H,2-3,5-6,11-12,15-16H2,1H3,(H2,22,24,25);1H. The summed E-state index contributed by atoms with van der Waals surface area (Å²) in [5.74, 6) is 2.64. The fourth-order valence-electron chi connectivity index (χ4n) is 3.59. The molecule has 160 valence electrons. The number of nitrogens with zero attached hydrogens (tertiary/aromatic N) is 6. The fourth-order valence-corrected chi connectivity index (χ4v) is 3.59. The number of guanidine groups is 1. The third-order valence-corrected chi connectivity index (χ3v) is 5.22. The Hall–Kier alpha value is -2.43. The molecule has 1 aliphatic rings. The van der Waals surface area contributed by atoms with E-state index in [9.17, 15) is 0 Å². The molecule has 0 aromatic carbocycles. The molecule has 2 N–H and O–H groups in total. The van der Waals surface area contributed by atoms with Gasteiger partial charge >= 0.3 is 0 Å². The molecular weight excluding hydrogens is 491 g/mol. The summed E-state index contributed by atoms with van der Waals surface area (Å²) in [5, 5.41) is 15.0. The molecule has 0 unspecified atom stereocenters. The average molecular weight is 520 g/mol. The Morgan fingerprint density at radius 3 is 2.53 bits per heavy atom. The molecule has 0 aliphatic carbocycles. The molecule has 0 radical (unpaired) electrons. The zero-order chi connectivity index (χ0) is 19.9. The predicted molar refractivity (Wildman–Crippen MR) is 130 cm³/mol. The van der Waals surface area contributed by atoms with E-state index in [0.29, 0.717) is 19.0 Å². The lowest BCUT2D eigenvalue weighted by Gasteiger charge is -2.21. The van der Waals surface area contributed by atoms with Crippen molar-refractivity contribution in [1.29, 1.82) is 0 Å². The second-order valence-electron chi connectivity index (χ2n) is 7.25. The van der Waals surface area contributed by atoms with Gasteiger partial charge in [-0.1, -0.05) is 25.0 Å². The van der Waals surface area contributed by atoms with Crippen molar-refractivity contribution in [3.8, 4) is 0 Å². The average Bonchev–Trinajstić information content (AvgIpc) is 2.98. The SMILES string of the molecule is CN=C(NCc1ccc(N2CCCCCC2)nc1)NCc1nnc2ccccn12.I. The van der Waals surface area contributed by atoms with Gasteiger partial charge in [-0.3, -0.25) is 9.39 Å². The Bertz CT molecular complexity index is 945. The van der Waals surface area contributed by atoms with Crippen molar-refractivity contribution in [3.05, 3.63) is 54.1 Å². The van der Waals surface area contributed by atoms with E-state index >= 15 is 0 Å². The molecule has 0 spiro atoms. The first-order valence-corrected chi connectivity index (χ1v) is 10.3. The van der Waals surface area contributed by atoms with Crippen molar-refractivity contribution < 1.29 is 0 Å². The van der Waals surface area contributed by atoms with Crippen LogP contribution >= 0.6 is 24.0 Å². The molecule has 1 saturated heterocycles. The molecule has 0 saturated carbocycles. The summed E-state index contributed by atoms with van der Waals surface area (Å²) in [4.78, 5) is 11.4. The number of aliphatic imine (C=N–C) groups is 1. The van der Waals surface area contributed by atoms with E-state index in [4.69, 9.17) is 0 Å². The van der Waals surface area contributed by atoms with Crippen molar-refractivity contribution >= 4 is 41.4 Å². The van der Waals surface area contributed by atoms with Crippen LogP contribution in [0.15, 0.2) is 47.7 Å². The Kier molecular flexibility index (Phi) is 8.23. The fraction of sp³-hybridized carbons (Fsp3) is 0.429. The minimum absolute atomic E-state index is 0. The first kappa shape index (κ1) is 22.3. The second kappa shape index (κ2) is 11.1. The van der Waals surface area contributed by atoms with Crippen LogP contribution in [0, 0.1) is 0 Å². The van der Waals surface area contributed by atoms with E-state index in [-0.39, 0.29) is 24.0 Å². The van der Waals surface area contributed by atoms with Gasteiger partial charge in [0.2, 0.25) is 0 Å². The van der Waals surface area contributed by atoms with Gasteiger partial charge < -0.3 is 15.5 Å². The van der Waals surface area contributed by atoms with Gasteiger partial charge in [0.05, 0.1) is 6.54 Å². The van der Waals surface area contributed by atoms with Crippen LogP contribution in [0.4, 0.5) is 5.82 Å². The molecule has 1 fully saturated rings. The van der Waals surface area contributed by atoms with Crippen LogP contribution in [0.25, 0.3) is 5.65 Å². The van der Waals surface area contributed by atoms with Crippen LogP contribution in [-0.2, 0) is 13.1 Å². The summed E-state index contributed by atoms with van der Waals surface area (Å²) < 4.78 is 1.96. The Labute approximate surface area is 194 Å². The lowest BCUT2D eigenvalue weighted by molar-refractivity contribution is 0.726. The van der Waals surface area contributed by atoms with Crippen molar-refractivity contribution in [2.24, 2.45) is 4.99 Å². The second-order valence-corrected chi connectivity index (χ2v) is 7.25. The topological polar surface area (TPSA) is 82.7 Å². The number of hydrogen-bond donors (Lipinski definition) is 2. The molecule has 3 aromatic heterocycles. The maximum atomic E-state index is 4.67. The Balaban J connectivity index is 0.00000256. The van der Waals surface area contributed by atoms with Gasteiger partial charge in [-0.15, -0.1) is 34.2 Å². The van der Waals surface area contributed by atoms with E-state index in [1.165, 1.54) is 25.7 Å². The molecule has 8 nitrogen and oxygen atoms in total. The van der Waals surface area contributed by atoms with E-state index < -0.39 is 0 Å². The third kappa shape index (κ3) is 5.59. The van der Waals surface area contributed by atoms with Gasteiger partial charge in [0, 0.05) is 39.1 Å². The normalized spacial score (nSPS) is 14.8. The van der Waals surface area contributed by atoms with Crippen LogP contribution in [0.1, 0.15) is 37.1 Å². The maximum Gasteiger partial charge on any atom is 0.191 e. The number of rotatable bonds is 5. The number of fused-ring (bicyclic) bond motifs is 1. The monoisotopic (exact) mass is 520 g/mol. The van der Waals surface area contributed by atoms with Gasteiger partial charge in [0.1, 0.15) is 5.82 Å². The Morgan fingerprint density at radius 1 is 1.00 bits per heavy atom. The molecule has 0 atom stereocenters. The van der Waals surface area contributed by atoms with Gasteiger partial charge in [0.25, 0.3) is 0 Å². The highest BCUT2D eigenvalue weighted by Crippen LogP contribution is 2.17. The number of anilines is 1. The third-order valence-electron chi connectivity index (χ3n) is 5.22. The molecular formula is C21H29IN8. The molecule has 3 aromatic rings. The van der Waals surface area contributed by atoms with E-state index in [1.807, 2.05) is 35.0 Å². The van der Waals surface area contributed by atoms with Crippen molar-refractivity contribution in [3.63, 3.8) is 0 Å². The highest BCUT2D eigenvalue weighted by molar-refractivity contribution is 14.0. The highest BCUT2D eigenvalue weighted by Gasteiger charge is 2.11. The molecule has 0 amide bonds. The van der Waals surface area contributed by atoms with E-state index in [2.05, 4.69) is 47.8 Å². The van der Waals surface area contributed by atoms with Crippen molar-refractivity contribution in [2.75, 3.05) is 25.0 Å². The van der Waals surface area contributed by atoms with E-state index in [1.54, 1.807) is 7.05 Å².